The van der Waals surface area contributed by atoms with Gasteiger partial charge in [0.05, 0.1) is 0 Å². The van der Waals surface area contributed by atoms with Gasteiger partial charge in [-0.05, 0) is 87.7 Å². The average Bonchev–Trinajstić information content (AvgIpc) is 3.34. The van der Waals surface area contributed by atoms with E-state index in [1.165, 1.54) is 55.6 Å². The van der Waals surface area contributed by atoms with Gasteiger partial charge in [0.15, 0.2) is 0 Å². The molecule has 0 aliphatic rings. The van der Waals surface area contributed by atoms with Crippen LogP contribution in [0.5, 0.6) is 0 Å². The molecule has 7 rings (SSSR count). The van der Waals surface area contributed by atoms with Crippen LogP contribution >= 0.6 is 0 Å². The molecule has 0 heteroatoms. The van der Waals surface area contributed by atoms with Gasteiger partial charge in [-0.25, -0.2) is 0 Å². The Morgan fingerprint density at radius 1 is 0.153 bits per heavy atom. The summed E-state index contributed by atoms with van der Waals surface area (Å²) in [6.07, 6.45) is 4.99. The Morgan fingerprint density at radius 3 is 0.373 bits per heavy atom. The SMILES string of the molecule is CC.CC.CC.CC.CC.CC.c1ccc(Cc2ccc(Cc3ccc(Cc4ccccc4)cc3)cc2)cc1.c1ccc(Cc2ccc(Cc3ccccc3)cc2)cc1. The van der Waals surface area contributed by atoms with E-state index in [0.29, 0.717) is 0 Å². The summed E-state index contributed by atoms with van der Waals surface area (Å²) in [7, 11) is 0. The van der Waals surface area contributed by atoms with E-state index in [2.05, 4.69) is 194 Å². The predicted molar refractivity (Wildman–Crippen MR) is 267 cm³/mol. The molecule has 0 radical (unpaired) electrons. The van der Waals surface area contributed by atoms with E-state index in [1.807, 2.05) is 83.1 Å². The molecule has 0 bridgehead atoms. The summed E-state index contributed by atoms with van der Waals surface area (Å²) in [6, 6.07) is 69.5. The van der Waals surface area contributed by atoms with Crippen molar-refractivity contribution in [2.24, 2.45) is 0 Å². The van der Waals surface area contributed by atoms with Crippen LogP contribution in [-0.4, -0.2) is 0 Å². The van der Waals surface area contributed by atoms with Crippen molar-refractivity contribution >= 4 is 0 Å². The number of hydrogen-bond donors (Lipinski definition) is 0. The van der Waals surface area contributed by atoms with E-state index in [1.54, 1.807) is 0 Å². The maximum absolute atomic E-state index is 2.26. The van der Waals surface area contributed by atoms with Crippen LogP contribution in [-0.2, 0) is 32.1 Å². The first-order chi connectivity index (χ1) is 29.2. The lowest BCUT2D eigenvalue weighted by Gasteiger charge is -2.07. The molecule has 0 fully saturated rings. The maximum Gasteiger partial charge on any atom is -0.00258 e. The molecular weight excluding hydrogens is 709 g/mol. The van der Waals surface area contributed by atoms with Crippen molar-refractivity contribution in [3.63, 3.8) is 0 Å². The Kier molecular flexibility index (Phi) is 33.4. The first-order valence-electron chi connectivity index (χ1n) is 22.6. The average molecular weight is 787 g/mol. The highest BCUT2D eigenvalue weighted by atomic mass is 14.1. The van der Waals surface area contributed by atoms with Crippen LogP contribution < -0.4 is 0 Å². The first kappa shape index (κ1) is 53.5. The lowest BCUT2D eigenvalue weighted by Crippen LogP contribution is -1.92. The largest absolute Gasteiger partial charge is 0.0683 e. The fraction of sp³-hybridized carbons (Fsp3) is 0.288. The predicted octanol–water partition coefficient (Wildman–Crippen LogP) is 17.5. The highest BCUT2D eigenvalue weighted by Crippen LogP contribution is 2.17. The van der Waals surface area contributed by atoms with Crippen LogP contribution in [0.15, 0.2) is 194 Å². The van der Waals surface area contributed by atoms with Gasteiger partial charge in [-0.1, -0.05) is 277 Å². The molecule has 0 aromatic heterocycles. The Balaban J connectivity index is 0.000000932. The second-order valence-electron chi connectivity index (χ2n) is 12.3. The molecule has 0 aliphatic carbocycles. The van der Waals surface area contributed by atoms with Crippen molar-refractivity contribution in [2.45, 2.75) is 115 Å². The van der Waals surface area contributed by atoms with Gasteiger partial charge in [-0.2, -0.15) is 0 Å². The molecular formula is C59H78. The smallest absolute Gasteiger partial charge is 0.00258 e. The van der Waals surface area contributed by atoms with Gasteiger partial charge in [0.1, 0.15) is 0 Å². The molecule has 0 heterocycles. The quantitative estimate of drug-likeness (QED) is 0.130. The van der Waals surface area contributed by atoms with Crippen molar-refractivity contribution in [1.82, 2.24) is 0 Å². The summed E-state index contributed by atoms with van der Waals surface area (Å²) in [6.45, 7) is 24.0. The minimum absolute atomic E-state index is 0.983. The van der Waals surface area contributed by atoms with E-state index >= 15 is 0 Å². The molecule has 0 N–H and O–H groups in total. The van der Waals surface area contributed by atoms with Crippen molar-refractivity contribution in [3.8, 4) is 0 Å². The normalized spacial score (nSPS) is 9.02. The third-order valence-corrected chi connectivity index (χ3v) is 8.48. The van der Waals surface area contributed by atoms with E-state index in [0.717, 1.165) is 32.1 Å². The van der Waals surface area contributed by atoms with E-state index in [4.69, 9.17) is 0 Å². The Bertz CT molecular complexity index is 1730. The van der Waals surface area contributed by atoms with Gasteiger partial charge < -0.3 is 0 Å². The maximum atomic E-state index is 2.26. The molecule has 7 aromatic carbocycles. The third kappa shape index (κ3) is 22.9. The highest BCUT2D eigenvalue weighted by molar-refractivity contribution is 5.35. The minimum atomic E-state index is 0.983. The standard InChI is InChI=1S/C27H24.C20H18.6C2H6/c1-3-7-22(8-4-1)19-24-11-15-26(16-12-24)21-27-17-13-25(14-18-27)20-23-9-5-2-6-10-23;1-3-7-17(8-4-1)15-19-11-13-20(14-12-19)16-18-9-5-2-6-10-18;6*1-2/h1-18H,19-21H2;1-14H,15-16H2;6*1-2H3. The van der Waals surface area contributed by atoms with E-state index in [-0.39, 0.29) is 0 Å². The second kappa shape index (κ2) is 36.9. The molecule has 0 amide bonds. The topological polar surface area (TPSA) is 0 Å². The zero-order valence-electron chi connectivity index (χ0n) is 39.0. The lowest BCUT2D eigenvalue weighted by molar-refractivity contribution is 1.14. The van der Waals surface area contributed by atoms with Crippen LogP contribution in [0.2, 0.25) is 0 Å². The fourth-order valence-electron chi connectivity index (χ4n) is 5.89. The molecule has 7 aromatic rings. The van der Waals surface area contributed by atoms with Crippen LogP contribution in [0.4, 0.5) is 0 Å². The van der Waals surface area contributed by atoms with Crippen molar-refractivity contribution in [3.05, 3.63) is 250 Å². The summed E-state index contributed by atoms with van der Waals surface area (Å²) in [5.74, 6) is 0. The van der Waals surface area contributed by atoms with Crippen molar-refractivity contribution in [1.29, 1.82) is 0 Å². The second-order valence-corrected chi connectivity index (χ2v) is 12.3. The highest BCUT2D eigenvalue weighted by Gasteiger charge is 2.02. The van der Waals surface area contributed by atoms with E-state index < -0.39 is 0 Å². The molecule has 0 saturated carbocycles. The van der Waals surface area contributed by atoms with Gasteiger partial charge >= 0.3 is 0 Å². The summed E-state index contributed by atoms with van der Waals surface area (Å²) < 4.78 is 0. The van der Waals surface area contributed by atoms with Crippen LogP contribution in [0, 0.1) is 0 Å². The molecule has 0 aliphatic heterocycles. The lowest BCUT2D eigenvalue weighted by atomic mass is 9.98. The van der Waals surface area contributed by atoms with Gasteiger partial charge in [-0.3, -0.25) is 0 Å². The molecule has 0 unspecified atom stereocenters. The zero-order chi connectivity index (χ0) is 43.9. The van der Waals surface area contributed by atoms with Crippen LogP contribution in [0.3, 0.4) is 0 Å². The Morgan fingerprint density at radius 2 is 0.254 bits per heavy atom. The molecule has 0 spiro atoms. The molecule has 0 atom stereocenters. The summed E-state index contributed by atoms with van der Waals surface area (Å²) in [5.41, 5.74) is 13.6. The summed E-state index contributed by atoms with van der Waals surface area (Å²) >= 11 is 0. The summed E-state index contributed by atoms with van der Waals surface area (Å²) in [5, 5.41) is 0. The van der Waals surface area contributed by atoms with Crippen LogP contribution in [0.1, 0.15) is 139 Å². The van der Waals surface area contributed by atoms with Gasteiger partial charge in [0.2, 0.25) is 0 Å². The van der Waals surface area contributed by atoms with Crippen LogP contribution in [0.25, 0.3) is 0 Å². The van der Waals surface area contributed by atoms with Gasteiger partial charge in [-0.15, -0.1) is 0 Å². The monoisotopic (exact) mass is 787 g/mol. The number of rotatable bonds is 10. The zero-order valence-corrected chi connectivity index (χ0v) is 39.0. The van der Waals surface area contributed by atoms with Crippen molar-refractivity contribution < 1.29 is 0 Å². The molecule has 0 nitrogen and oxygen atoms in total. The number of benzene rings is 7. The number of hydrogen-bond acceptors (Lipinski definition) is 0. The molecule has 59 heavy (non-hydrogen) atoms. The first-order valence-corrected chi connectivity index (χ1v) is 22.6. The van der Waals surface area contributed by atoms with Crippen molar-refractivity contribution in [2.75, 3.05) is 0 Å². The third-order valence-electron chi connectivity index (χ3n) is 8.48. The molecule has 0 saturated heterocycles. The molecule has 314 valence electrons. The van der Waals surface area contributed by atoms with E-state index in [9.17, 15) is 0 Å². The minimum Gasteiger partial charge on any atom is -0.0683 e. The summed E-state index contributed by atoms with van der Waals surface area (Å²) in [4.78, 5) is 0. The van der Waals surface area contributed by atoms with Gasteiger partial charge in [0.25, 0.3) is 0 Å². The fourth-order valence-corrected chi connectivity index (χ4v) is 5.89. The Hall–Kier alpha value is -5.46. The Labute approximate surface area is 363 Å². The van der Waals surface area contributed by atoms with Gasteiger partial charge in [0, 0.05) is 0 Å².